The number of carbonyl (C=O) groups is 8. The van der Waals surface area contributed by atoms with Crippen LogP contribution in [0.5, 0.6) is 11.5 Å². The molecule has 6 aromatic carbocycles. The van der Waals surface area contributed by atoms with Gasteiger partial charge in [-0.3, -0.25) is 24.0 Å². The van der Waals surface area contributed by atoms with Crippen molar-refractivity contribution in [3.63, 3.8) is 0 Å². The van der Waals surface area contributed by atoms with Gasteiger partial charge in [0, 0.05) is 12.8 Å². The molecule has 8 N–H and O–H groups in total. The van der Waals surface area contributed by atoms with E-state index in [0.29, 0.717) is 24.5 Å². The molecule has 2 aliphatic heterocycles. The number of epoxide rings is 2. The minimum absolute atomic E-state index is 0.00588. The van der Waals surface area contributed by atoms with Gasteiger partial charge in [-0.05, 0) is 98.2 Å². The molecule has 0 spiro atoms. The third-order valence-electron chi connectivity index (χ3n) is 14.1. The predicted molar refractivity (Wildman–Crippen MR) is 322 cm³/mol. The molecule has 8 rings (SSSR count). The number of rotatable bonds is 27. The number of nitrogens with two attached hydrogens (primary N) is 1. The first-order valence-corrected chi connectivity index (χ1v) is 28.2. The van der Waals surface area contributed by atoms with E-state index < -0.39 is 83.3 Å². The number of aliphatic carboxylic acids is 1. The van der Waals surface area contributed by atoms with Crippen LogP contribution in [0.1, 0.15) is 61.1 Å². The van der Waals surface area contributed by atoms with Crippen LogP contribution < -0.4 is 41.8 Å². The molecule has 21 heteroatoms. The summed E-state index contributed by atoms with van der Waals surface area (Å²) in [5.41, 5.74) is 9.33. The Labute approximate surface area is 506 Å². The Hall–Kier alpha value is -9.44. The van der Waals surface area contributed by atoms with Crippen molar-refractivity contribution >= 4 is 47.4 Å². The number of nitrogens with one attached hydrogen (secondary N) is 5. The predicted octanol–water partition coefficient (Wildman–Crippen LogP) is 6.16. The van der Waals surface area contributed by atoms with E-state index in [4.69, 9.17) is 34.2 Å². The quantitative estimate of drug-likeness (QED) is 0.0284. The Morgan fingerprint density at radius 3 is 1.15 bits per heavy atom. The van der Waals surface area contributed by atoms with Crippen LogP contribution in [0.15, 0.2) is 170 Å². The van der Waals surface area contributed by atoms with Crippen molar-refractivity contribution in [2.75, 3.05) is 27.4 Å². The number of amides is 5. The van der Waals surface area contributed by atoms with Gasteiger partial charge in [0.15, 0.2) is 11.6 Å². The summed E-state index contributed by atoms with van der Waals surface area (Å²) >= 11 is 0. The lowest BCUT2D eigenvalue weighted by Crippen LogP contribution is -2.57. The highest BCUT2D eigenvalue weighted by Gasteiger charge is 2.50. The Kier molecular flexibility index (Phi) is 25.1. The van der Waals surface area contributed by atoms with Gasteiger partial charge >= 0.3 is 18.2 Å². The number of Topliss-reactive ketones (excluding diaryl/α,β-unsaturated/α-hetero) is 2. The molecule has 0 bridgehead atoms. The van der Waals surface area contributed by atoms with Crippen LogP contribution in [0.4, 0.5) is 9.59 Å². The smallest absolute Gasteiger partial charge is 0.408 e. The van der Waals surface area contributed by atoms with Crippen LogP contribution in [0, 0.1) is 0 Å². The minimum atomic E-state index is -1.17. The number of hydrogen-bond acceptors (Lipinski definition) is 15. The molecule has 21 nitrogen and oxygen atoms in total. The Bertz CT molecular complexity index is 3200. The summed E-state index contributed by atoms with van der Waals surface area (Å²) in [5, 5.41) is 22.3. The zero-order chi connectivity index (χ0) is 62.9. The van der Waals surface area contributed by atoms with Gasteiger partial charge in [-0.25, -0.2) is 14.4 Å². The fourth-order valence-electron chi connectivity index (χ4n) is 8.57. The fourth-order valence-corrected chi connectivity index (χ4v) is 8.57. The Morgan fingerprint density at radius 1 is 0.448 bits per heavy atom. The summed E-state index contributed by atoms with van der Waals surface area (Å²) in [7, 11) is 3.09. The highest BCUT2D eigenvalue weighted by atomic mass is 16.6. The van der Waals surface area contributed by atoms with Crippen LogP contribution in [-0.4, -0.2) is 127 Å². The van der Waals surface area contributed by atoms with Crippen LogP contribution in [0.3, 0.4) is 0 Å². The highest BCUT2D eigenvalue weighted by Crippen LogP contribution is 2.30. The largest absolute Gasteiger partial charge is 0.497 e. The zero-order valence-corrected chi connectivity index (χ0v) is 49.5. The molecular formula is C66H76N6O15. The molecule has 6 aromatic rings. The molecule has 0 radical (unpaired) electrons. The Balaban J connectivity index is 0.000000235. The van der Waals surface area contributed by atoms with E-state index >= 15 is 0 Å². The molecule has 2 heterocycles. The first kappa shape index (κ1) is 66.7. The monoisotopic (exact) mass is 1190 g/mol. The lowest BCUT2D eigenvalue weighted by molar-refractivity contribution is -0.142. The number of methoxy groups -OCH3 is 2. The van der Waals surface area contributed by atoms with Crippen molar-refractivity contribution < 1.29 is 71.9 Å². The van der Waals surface area contributed by atoms with Gasteiger partial charge in [0.05, 0.1) is 39.5 Å². The Morgan fingerprint density at radius 2 is 0.770 bits per heavy atom. The molecule has 8 atom stereocenters. The molecular weight excluding hydrogens is 1120 g/mol. The van der Waals surface area contributed by atoms with E-state index in [0.717, 1.165) is 33.4 Å². The van der Waals surface area contributed by atoms with Crippen molar-refractivity contribution in [2.24, 2.45) is 5.73 Å². The summed E-state index contributed by atoms with van der Waals surface area (Å²) in [6, 6.07) is 45.9. The summed E-state index contributed by atoms with van der Waals surface area (Å²) < 4.78 is 31.0. The minimum Gasteiger partial charge on any atom is -0.497 e. The molecule has 0 saturated carbocycles. The van der Waals surface area contributed by atoms with Crippen molar-refractivity contribution in [3.8, 4) is 11.5 Å². The normalized spacial score (nSPS) is 17.2. The second kappa shape index (κ2) is 32.7. The van der Waals surface area contributed by atoms with E-state index in [1.807, 2.05) is 109 Å². The first-order valence-electron chi connectivity index (χ1n) is 28.2. The van der Waals surface area contributed by atoms with Crippen molar-refractivity contribution in [3.05, 3.63) is 203 Å². The summed E-state index contributed by atoms with van der Waals surface area (Å²) in [6.07, 6.45) is -0.465. The summed E-state index contributed by atoms with van der Waals surface area (Å²) in [6.45, 7) is 7.33. The molecule has 460 valence electrons. The number of carbonyl (C=O) groups excluding carboxylic acids is 7. The van der Waals surface area contributed by atoms with Crippen LogP contribution >= 0.6 is 0 Å². The maximum Gasteiger partial charge on any atom is 0.408 e. The molecule has 5 amide bonds. The van der Waals surface area contributed by atoms with E-state index in [1.54, 1.807) is 81.6 Å². The summed E-state index contributed by atoms with van der Waals surface area (Å²) in [5.74, 6) is -1.86. The number of benzene rings is 6. The average molecular weight is 1190 g/mol. The van der Waals surface area contributed by atoms with Gasteiger partial charge < -0.3 is 65.8 Å². The van der Waals surface area contributed by atoms with Crippen molar-refractivity contribution in [1.29, 1.82) is 0 Å². The van der Waals surface area contributed by atoms with Crippen molar-refractivity contribution in [1.82, 2.24) is 26.6 Å². The van der Waals surface area contributed by atoms with E-state index in [1.165, 1.54) is 21.0 Å². The van der Waals surface area contributed by atoms with Crippen LogP contribution in [0.25, 0.3) is 0 Å². The van der Waals surface area contributed by atoms with E-state index in [2.05, 4.69) is 26.6 Å². The molecule has 0 aromatic heterocycles. The second-order valence-electron chi connectivity index (χ2n) is 21.2. The van der Waals surface area contributed by atoms with Gasteiger partial charge in [0.2, 0.25) is 17.7 Å². The van der Waals surface area contributed by atoms with Crippen LogP contribution in [-0.2, 0) is 86.6 Å². The van der Waals surface area contributed by atoms with Gasteiger partial charge in [-0.1, -0.05) is 146 Å². The first-order chi connectivity index (χ1) is 41.7. The third-order valence-corrected chi connectivity index (χ3v) is 14.1. The molecule has 2 saturated heterocycles. The number of carboxylic acid groups (broad SMARTS) is 1. The zero-order valence-electron chi connectivity index (χ0n) is 49.5. The topological polar surface area (TPSA) is 305 Å². The number of carboxylic acids is 1. The van der Waals surface area contributed by atoms with Crippen molar-refractivity contribution in [2.45, 2.75) is 114 Å². The lowest BCUT2D eigenvalue weighted by atomic mass is 9.94. The maximum atomic E-state index is 13.7. The molecule has 87 heavy (non-hydrogen) atoms. The molecule has 1 unspecified atom stereocenters. The van der Waals surface area contributed by atoms with Gasteiger partial charge in [0.1, 0.15) is 60.1 Å². The van der Waals surface area contributed by atoms with E-state index in [9.17, 15) is 43.5 Å². The lowest BCUT2D eigenvalue weighted by Gasteiger charge is -2.25. The molecule has 2 aliphatic rings. The highest BCUT2D eigenvalue weighted by molar-refractivity contribution is 5.98. The SMILES string of the molecule is COc1ccc(C[C@H](NC(=O)[C@@H](C)NC(=O)OCc2ccccc2)C(=O)N[C@@H](Cc2ccccc2)C(=O)[C@@]2(C)CO2)cc1.COc1ccc(C[C@H](NC(=O)[C@@H](C)NC(=O)OCc2ccccc2)C(=O)O)cc1.C[C@]1(C(=O)C(N)Cc2ccccc2)CO1. The maximum absolute atomic E-state index is 13.7. The van der Waals surface area contributed by atoms with E-state index in [-0.39, 0.29) is 50.6 Å². The van der Waals surface area contributed by atoms with Gasteiger partial charge in [-0.2, -0.15) is 0 Å². The van der Waals surface area contributed by atoms with Gasteiger partial charge in [-0.15, -0.1) is 0 Å². The van der Waals surface area contributed by atoms with Crippen LogP contribution in [0.2, 0.25) is 0 Å². The third kappa shape index (κ3) is 22.2. The standard InChI is InChI=1S/C33H37N3O7.C21H24N2O6.C12H15NO2/c1-22(34-32(40)42-20-25-12-8-5-9-13-25)30(38)36-28(19-24-14-16-26(41-3)17-15-24)31(39)35-27(29(37)33(2)21-43-33)18-23-10-6-4-7-11-23;1-14(22-21(27)29-13-16-6-4-3-5-7-16)19(24)23-18(20(25)26)12-15-8-10-17(28-2)11-9-15;1-12(8-15-12)11(14)10(13)7-9-5-3-2-4-6-9/h4-17,22,27-28H,18-21H2,1-3H3,(H,34,40)(H,35,39)(H,36,38);3-11,14,18H,12-13H2,1-2H3,(H,22,27)(H,23,24)(H,25,26);2-6,10H,7-8,13H2,1H3/t22-,27+,28+,33-;14-,18+;10?,12-/m111/s1. The number of hydrogen-bond donors (Lipinski definition) is 7. The fraction of sp³-hybridized carbons (Fsp3) is 0.333. The number of ether oxygens (including phenoxy) is 6. The summed E-state index contributed by atoms with van der Waals surface area (Å²) in [4.78, 5) is 100. The average Bonchev–Trinajstić information content (AvgIpc) is 2.16. The number of ketones is 2. The number of alkyl carbamates (subject to hydrolysis) is 2. The second-order valence-corrected chi connectivity index (χ2v) is 21.2. The molecule has 2 fully saturated rings. The molecule has 0 aliphatic carbocycles. The van der Waals surface area contributed by atoms with Gasteiger partial charge in [0.25, 0.3) is 0 Å².